The highest BCUT2D eigenvalue weighted by Crippen LogP contribution is 2.27. The summed E-state index contributed by atoms with van der Waals surface area (Å²) in [5.74, 6) is 0.900. The van der Waals surface area contributed by atoms with Crippen molar-refractivity contribution >= 4 is 17.5 Å². The Morgan fingerprint density at radius 3 is 2.82 bits per heavy atom. The first-order valence-corrected chi connectivity index (χ1v) is 11.3. The predicted octanol–water partition coefficient (Wildman–Crippen LogP) is 2.50. The minimum atomic E-state index is -0.869. The normalized spacial score (nSPS) is 13.7. The van der Waals surface area contributed by atoms with Gasteiger partial charge in [-0.3, -0.25) is 4.79 Å². The molecule has 2 N–H and O–H groups in total. The molecule has 10 heteroatoms. The van der Waals surface area contributed by atoms with Crippen LogP contribution in [0, 0.1) is 0 Å². The molecule has 0 saturated heterocycles. The number of aliphatic carboxylic acids is 1. The van der Waals surface area contributed by atoms with Gasteiger partial charge in [-0.1, -0.05) is 6.07 Å². The maximum atomic E-state index is 11.4. The van der Waals surface area contributed by atoms with E-state index in [2.05, 4.69) is 33.4 Å². The molecule has 0 amide bonds. The number of carboxylic acid groups (broad SMARTS) is 1. The summed E-state index contributed by atoms with van der Waals surface area (Å²) in [5.41, 5.74) is 3.65. The molecular weight excluding hydrogens is 436 g/mol. The number of hydrogen-bond donors (Lipinski definition) is 2. The molecule has 0 spiro atoms. The second-order valence-electron chi connectivity index (χ2n) is 8.35. The van der Waals surface area contributed by atoms with E-state index >= 15 is 0 Å². The average molecular weight is 467 g/mol. The van der Waals surface area contributed by atoms with Crippen molar-refractivity contribution in [2.75, 3.05) is 44.1 Å². The summed E-state index contributed by atoms with van der Waals surface area (Å²) in [6.45, 7) is 2.30. The summed E-state index contributed by atoms with van der Waals surface area (Å²) < 4.78 is 12.7. The number of ether oxygens (including phenoxy) is 2. The van der Waals surface area contributed by atoms with Crippen LogP contribution < -0.4 is 19.7 Å². The number of carbonyl (C=O) groups is 1. The highest BCUT2D eigenvalue weighted by atomic mass is 16.5. The molecular formula is C24H30N6O4. The number of likely N-dealkylation sites (N-methyl/N-ethyl adjacent to an activating group) is 1. The number of methoxy groups -OCH3 is 1. The van der Waals surface area contributed by atoms with Gasteiger partial charge < -0.3 is 24.8 Å². The van der Waals surface area contributed by atoms with Crippen molar-refractivity contribution in [1.82, 2.24) is 19.7 Å². The quantitative estimate of drug-likeness (QED) is 0.465. The van der Waals surface area contributed by atoms with Gasteiger partial charge in [-0.15, -0.1) is 0 Å². The number of aryl methyl sites for hydroxylation is 1. The van der Waals surface area contributed by atoms with Gasteiger partial charge in [0.2, 0.25) is 11.8 Å². The molecule has 1 aliphatic heterocycles. The van der Waals surface area contributed by atoms with E-state index in [1.54, 1.807) is 24.1 Å². The second kappa shape index (κ2) is 10.4. The highest BCUT2D eigenvalue weighted by Gasteiger charge is 2.20. The van der Waals surface area contributed by atoms with E-state index in [1.807, 2.05) is 25.2 Å². The van der Waals surface area contributed by atoms with Crippen molar-refractivity contribution in [1.29, 1.82) is 0 Å². The van der Waals surface area contributed by atoms with Crippen LogP contribution in [0.25, 0.3) is 0 Å². The fourth-order valence-corrected chi connectivity index (χ4v) is 4.06. The Bertz CT molecular complexity index is 1130. The maximum Gasteiger partial charge on any atom is 0.303 e. The number of hydrogen-bond acceptors (Lipinski definition) is 8. The van der Waals surface area contributed by atoms with Gasteiger partial charge in [-0.25, -0.2) is 14.6 Å². The molecule has 10 nitrogen and oxygen atoms in total. The zero-order valence-corrected chi connectivity index (χ0v) is 19.7. The number of nitrogens with one attached hydrogen (secondary N) is 1. The van der Waals surface area contributed by atoms with Crippen LogP contribution in [-0.4, -0.2) is 64.7 Å². The zero-order valence-electron chi connectivity index (χ0n) is 19.7. The zero-order chi connectivity index (χ0) is 24.1. The largest absolute Gasteiger partial charge is 0.481 e. The predicted molar refractivity (Wildman–Crippen MR) is 128 cm³/mol. The Hall–Kier alpha value is -3.82. The Kier molecular flexibility index (Phi) is 7.15. The molecule has 1 aliphatic rings. The lowest BCUT2D eigenvalue weighted by Gasteiger charge is -2.27. The summed E-state index contributed by atoms with van der Waals surface area (Å²) in [5, 5.41) is 17.3. The van der Waals surface area contributed by atoms with Crippen LogP contribution in [0.4, 0.5) is 11.5 Å². The Morgan fingerprint density at radius 1 is 1.24 bits per heavy atom. The lowest BCUT2D eigenvalue weighted by Crippen LogP contribution is -2.31. The lowest BCUT2D eigenvalue weighted by atomic mass is 9.92. The smallest absolute Gasteiger partial charge is 0.303 e. The van der Waals surface area contributed by atoms with Crippen molar-refractivity contribution in [2.45, 2.75) is 25.2 Å². The number of carboxylic acids is 1. The molecule has 4 rings (SSSR count). The molecule has 0 aromatic carbocycles. The minimum Gasteiger partial charge on any atom is -0.481 e. The molecule has 1 unspecified atom stereocenters. The molecule has 0 aliphatic carbocycles. The van der Waals surface area contributed by atoms with Crippen LogP contribution in [0.2, 0.25) is 0 Å². The van der Waals surface area contributed by atoms with Crippen LogP contribution in [0.3, 0.4) is 0 Å². The first-order valence-electron chi connectivity index (χ1n) is 11.3. The van der Waals surface area contributed by atoms with Crippen molar-refractivity contribution in [2.24, 2.45) is 7.05 Å². The van der Waals surface area contributed by atoms with Gasteiger partial charge in [0.25, 0.3) is 0 Å². The molecule has 4 heterocycles. The van der Waals surface area contributed by atoms with Crippen molar-refractivity contribution in [3.05, 3.63) is 53.5 Å². The van der Waals surface area contributed by atoms with E-state index in [0.717, 1.165) is 41.5 Å². The Labute approximate surface area is 198 Å². The topological polar surface area (TPSA) is 115 Å². The third-order valence-corrected chi connectivity index (χ3v) is 5.89. The number of rotatable bonds is 10. The van der Waals surface area contributed by atoms with Crippen molar-refractivity contribution < 1.29 is 19.4 Å². The highest BCUT2D eigenvalue weighted by molar-refractivity contribution is 5.68. The lowest BCUT2D eigenvalue weighted by molar-refractivity contribution is -0.137. The van der Waals surface area contributed by atoms with Gasteiger partial charge in [0.05, 0.1) is 31.5 Å². The first-order chi connectivity index (χ1) is 16.4. The summed E-state index contributed by atoms with van der Waals surface area (Å²) in [4.78, 5) is 22.6. The second-order valence-corrected chi connectivity index (χ2v) is 8.35. The van der Waals surface area contributed by atoms with Crippen LogP contribution >= 0.6 is 0 Å². The molecule has 0 bridgehead atoms. The van der Waals surface area contributed by atoms with E-state index in [0.29, 0.717) is 31.2 Å². The van der Waals surface area contributed by atoms with E-state index in [-0.39, 0.29) is 12.3 Å². The van der Waals surface area contributed by atoms with Crippen molar-refractivity contribution in [3.63, 3.8) is 0 Å². The maximum absolute atomic E-state index is 11.4. The van der Waals surface area contributed by atoms with E-state index in [9.17, 15) is 9.90 Å². The Balaban J connectivity index is 1.38. The molecule has 0 fully saturated rings. The number of anilines is 2. The Morgan fingerprint density at radius 2 is 2.09 bits per heavy atom. The number of fused-ring (bicyclic) bond motifs is 1. The molecule has 180 valence electrons. The van der Waals surface area contributed by atoms with Crippen molar-refractivity contribution in [3.8, 4) is 11.8 Å². The van der Waals surface area contributed by atoms with Gasteiger partial charge >= 0.3 is 5.97 Å². The van der Waals surface area contributed by atoms with E-state index < -0.39 is 5.97 Å². The third-order valence-electron chi connectivity index (χ3n) is 5.89. The molecule has 0 saturated carbocycles. The van der Waals surface area contributed by atoms with Crippen LogP contribution in [0.15, 0.2) is 36.5 Å². The van der Waals surface area contributed by atoms with Crippen LogP contribution in [-0.2, 0) is 24.7 Å². The summed E-state index contributed by atoms with van der Waals surface area (Å²) >= 11 is 0. The van der Waals surface area contributed by atoms with E-state index in [4.69, 9.17) is 14.5 Å². The van der Waals surface area contributed by atoms with Crippen LogP contribution in [0.1, 0.15) is 29.3 Å². The number of aromatic nitrogens is 4. The molecule has 0 radical (unpaired) electrons. The van der Waals surface area contributed by atoms with Gasteiger partial charge in [0, 0.05) is 63.5 Å². The van der Waals surface area contributed by atoms with E-state index in [1.165, 1.54) is 0 Å². The molecule has 3 aromatic rings. The summed E-state index contributed by atoms with van der Waals surface area (Å²) in [6.07, 6.45) is 2.76. The standard InChI is InChI=1S/C24H30N6O4/c1-29-10-9-25-24-20(29)6-5-18(27-24)8-11-34-22-14-19(28-30(22)2)12-17(13-23(31)32)16-4-7-21(33-3)26-15-16/h4-7,14-15,17H,8-13H2,1-3H3,(H,25,27)(H,31,32). The molecule has 3 aromatic heterocycles. The van der Waals surface area contributed by atoms with Gasteiger partial charge in [0.1, 0.15) is 5.82 Å². The average Bonchev–Trinajstić information content (AvgIpc) is 3.17. The molecule has 34 heavy (non-hydrogen) atoms. The van der Waals surface area contributed by atoms with Gasteiger partial charge in [0.15, 0.2) is 0 Å². The molecule has 1 atom stereocenters. The van der Waals surface area contributed by atoms with Gasteiger partial charge in [-0.2, -0.15) is 5.10 Å². The summed E-state index contributed by atoms with van der Waals surface area (Å²) in [7, 11) is 5.43. The summed E-state index contributed by atoms with van der Waals surface area (Å²) in [6, 6.07) is 9.56. The number of nitrogens with zero attached hydrogens (tertiary/aromatic N) is 5. The monoisotopic (exact) mass is 466 g/mol. The van der Waals surface area contributed by atoms with Crippen LogP contribution in [0.5, 0.6) is 11.8 Å². The number of pyridine rings is 2. The third kappa shape index (κ3) is 5.56. The fourth-order valence-electron chi connectivity index (χ4n) is 4.06. The van der Waals surface area contributed by atoms with Gasteiger partial charge in [-0.05, 0) is 24.1 Å². The SMILES string of the molecule is COc1ccc(C(CC(=O)O)Cc2cc(OCCc3ccc4c(n3)NCCN4C)n(C)n2)cn1. The minimum absolute atomic E-state index is 0.0198. The first kappa shape index (κ1) is 23.3. The fraction of sp³-hybridized carbons (Fsp3) is 0.417.